The Morgan fingerprint density at radius 2 is 1.90 bits per heavy atom. The lowest BCUT2D eigenvalue weighted by Crippen LogP contribution is -2.48. The molecule has 1 amide bonds. The Morgan fingerprint density at radius 3 is 2.50 bits per heavy atom. The summed E-state index contributed by atoms with van der Waals surface area (Å²) in [5, 5.41) is 11.2. The van der Waals surface area contributed by atoms with Gasteiger partial charge in [0.15, 0.2) is 5.82 Å². The van der Waals surface area contributed by atoms with Crippen molar-refractivity contribution in [3.8, 4) is 6.07 Å². The second kappa shape index (κ2) is 10.4. The van der Waals surface area contributed by atoms with E-state index in [-0.39, 0.29) is 17.8 Å². The fourth-order valence-corrected chi connectivity index (χ4v) is 3.88. The van der Waals surface area contributed by atoms with Gasteiger partial charge in [0.05, 0.1) is 12.2 Å². The molecule has 1 aliphatic carbocycles. The van der Waals surface area contributed by atoms with E-state index in [4.69, 9.17) is 16.9 Å². The summed E-state index contributed by atoms with van der Waals surface area (Å²) in [4.78, 5) is 23.5. The minimum atomic E-state index is -0.232. The molecule has 30 heavy (non-hydrogen) atoms. The van der Waals surface area contributed by atoms with Crippen LogP contribution in [-0.4, -0.2) is 39.9 Å². The minimum Gasteiger partial charge on any atom is -0.300 e. The van der Waals surface area contributed by atoms with Gasteiger partial charge in [0.1, 0.15) is 11.1 Å². The normalized spacial score (nSPS) is 14.0. The Labute approximate surface area is 182 Å². The summed E-state index contributed by atoms with van der Waals surface area (Å²) in [6.45, 7) is 7.10. The molecule has 1 fully saturated rings. The summed E-state index contributed by atoms with van der Waals surface area (Å²) >= 11 is 6.32. The molecule has 1 heterocycles. The maximum Gasteiger partial charge on any atom is 0.269 e. The highest BCUT2D eigenvalue weighted by Gasteiger charge is 2.28. The Kier molecular flexibility index (Phi) is 7.61. The first kappa shape index (κ1) is 22.0. The summed E-state index contributed by atoms with van der Waals surface area (Å²) in [6, 6.07) is 9.65. The number of halogens is 1. The van der Waals surface area contributed by atoms with Crippen LogP contribution in [0.2, 0.25) is 5.02 Å². The molecule has 1 saturated carbocycles. The molecule has 1 aromatic heterocycles. The molecule has 1 aromatic carbocycles. The lowest BCUT2D eigenvalue weighted by atomic mass is 10.1. The Bertz CT molecular complexity index is 901. The summed E-state index contributed by atoms with van der Waals surface area (Å²) in [5.41, 5.74) is 4.70. The molecule has 0 radical (unpaired) electrons. The number of aromatic nitrogens is 2. The van der Waals surface area contributed by atoms with E-state index in [9.17, 15) is 4.79 Å². The van der Waals surface area contributed by atoms with E-state index in [1.54, 1.807) is 5.01 Å². The smallest absolute Gasteiger partial charge is 0.269 e. The first-order valence-corrected chi connectivity index (χ1v) is 10.8. The van der Waals surface area contributed by atoms with Crippen LogP contribution in [0.25, 0.3) is 0 Å². The van der Waals surface area contributed by atoms with Crippen molar-refractivity contribution in [2.24, 2.45) is 0 Å². The van der Waals surface area contributed by atoms with Crippen LogP contribution >= 0.6 is 11.6 Å². The number of rotatable bonds is 8. The van der Waals surface area contributed by atoms with E-state index in [1.165, 1.54) is 11.8 Å². The van der Waals surface area contributed by atoms with Crippen molar-refractivity contribution in [2.45, 2.75) is 52.1 Å². The van der Waals surface area contributed by atoms with Crippen LogP contribution in [-0.2, 0) is 6.54 Å². The number of carbonyl (C=O) groups excluding carboxylic acids is 1. The number of nitrogens with zero attached hydrogens (tertiary/aromatic N) is 5. The molecule has 1 N–H and O–H groups in total. The molecule has 0 saturated heterocycles. The van der Waals surface area contributed by atoms with E-state index in [0.29, 0.717) is 16.4 Å². The van der Waals surface area contributed by atoms with Gasteiger partial charge in [-0.3, -0.25) is 20.1 Å². The first-order chi connectivity index (χ1) is 14.5. The molecule has 0 aliphatic heterocycles. The van der Waals surface area contributed by atoms with Crippen molar-refractivity contribution in [3.05, 3.63) is 52.4 Å². The standard InChI is InChI=1S/C22H27ClN6O/c1-3-28(4-2)15-16-9-11-17(12-10-16)22(30)27-29(18-7-5-6-8-18)21-19(23)14-25-20(13-24)26-21/h9-12,14,18H,3-8,15H2,1-2H3,(H,27,30). The van der Waals surface area contributed by atoms with Gasteiger partial charge in [0.25, 0.3) is 5.91 Å². The van der Waals surface area contributed by atoms with Gasteiger partial charge in [-0.25, -0.2) is 4.98 Å². The molecule has 0 unspecified atom stereocenters. The van der Waals surface area contributed by atoms with Crippen LogP contribution in [0.1, 0.15) is 61.3 Å². The Morgan fingerprint density at radius 1 is 1.23 bits per heavy atom. The number of hydrogen-bond donors (Lipinski definition) is 1. The second-order valence-electron chi connectivity index (χ2n) is 7.38. The van der Waals surface area contributed by atoms with Gasteiger partial charge in [-0.2, -0.15) is 10.2 Å². The largest absolute Gasteiger partial charge is 0.300 e. The highest BCUT2D eigenvalue weighted by molar-refractivity contribution is 6.32. The lowest BCUT2D eigenvalue weighted by molar-refractivity contribution is 0.0944. The molecule has 0 bridgehead atoms. The number of hydrogen-bond acceptors (Lipinski definition) is 6. The molecular weight excluding hydrogens is 400 g/mol. The zero-order valence-corrected chi connectivity index (χ0v) is 18.2. The molecule has 158 valence electrons. The van der Waals surface area contributed by atoms with Crippen molar-refractivity contribution in [2.75, 3.05) is 18.1 Å². The molecular formula is C22H27ClN6O. The predicted molar refractivity (Wildman–Crippen MR) is 117 cm³/mol. The molecule has 0 spiro atoms. The van der Waals surface area contributed by atoms with Gasteiger partial charge in [-0.15, -0.1) is 0 Å². The average Bonchev–Trinajstić information content (AvgIpc) is 3.31. The molecule has 3 rings (SSSR count). The van der Waals surface area contributed by atoms with Crippen molar-refractivity contribution < 1.29 is 4.79 Å². The fraction of sp³-hybridized carbons (Fsp3) is 0.455. The lowest BCUT2D eigenvalue weighted by Gasteiger charge is -2.30. The third kappa shape index (κ3) is 5.26. The van der Waals surface area contributed by atoms with Gasteiger partial charge in [0, 0.05) is 12.1 Å². The van der Waals surface area contributed by atoms with E-state index >= 15 is 0 Å². The van der Waals surface area contributed by atoms with Crippen LogP contribution in [0.3, 0.4) is 0 Å². The Hall–Kier alpha value is -2.69. The summed E-state index contributed by atoms with van der Waals surface area (Å²) < 4.78 is 0. The number of nitrogens with one attached hydrogen (secondary N) is 1. The monoisotopic (exact) mass is 426 g/mol. The zero-order valence-electron chi connectivity index (χ0n) is 17.4. The van der Waals surface area contributed by atoms with E-state index in [0.717, 1.165) is 45.3 Å². The van der Waals surface area contributed by atoms with Crippen molar-refractivity contribution in [1.29, 1.82) is 5.26 Å². The third-order valence-electron chi connectivity index (χ3n) is 5.48. The van der Waals surface area contributed by atoms with Gasteiger partial charge in [-0.1, -0.05) is 50.4 Å². The highest BCUT2D eigenvalue weighted by atomic mass is 35.5. The van der Waals surface area contributed by atoms with Crippen LogP contribution in [0, 0.1) is 11.3 Å². The van der Waals surface area contributed by atoms with Crippen LogP contribution in [0.4, 0.5) is 5.82 Å². The quantitative estimate of drug-likeness (QED) is 0.643. The number of amides is 1. The van der Waals surface area contributed by atoms with E-state index in [1.807, 2.05) is 30.3 Å². The maximum atomic E-state index is 13.0. The maximum absolute atomic E-state index is 13.0. The average molecular weight is 427 g/mol. The summed E-state index contributed by atoms with van der Waals surface area (Å²) in [5.74, 6) is 0.151. The van der Waals surface area contributed by atoms with Gasteiger partial charge in [-0.05, 0) is 43.6 Å². The van der Waals surface area contributed by atoms with Crippen molar-refractivity contribution >= 4 is 23.3 Å². The van der Waals surface area contributed by atoms with E-state index in [2.05, 4.69) is 34.1 Å². The topological polar surface area (TPSA) is 85.2 Å². The van der Waals surface area contributed by atoms with Gasteiger partial charge >= 0.3 is 0 Å². The van der Waals surface area contributed by atoms with Gasteiger partial charge in [0.2, 0.25) is 5.82 Å². The Balaban J connectivity index is 1.79. The molecule has 8 heteroatoms. The summed E-state index contributed by atoms with van der Waals surface area (Å²) in [6.07, 6.45) is 5.39. The minimum absolute atomic E-state index is 0.0207. The second-order valence-corrected chi connectivity index (χ2v) is 7.79. The molecule has 7 nitrogen and oxygen atoms in total. The highest BCUT2D eigenvalue weighted by Crippen LogP contribution is 2.30. The molecule has 2 aromatic rings. The van der Waals surface area contributed by atoms with Crippen LogP contribution in [0.5, 0.6) is 0 Å². The van der Waals surface area contributed by atoms with Crippen LogP contribution < -0.4 is 10.4 Å². The third-order valence-corrected chi connectivity index (χ3v) is 5.75. The zero-order chi connectivity index (χ0) is 21.5. The number of anilines is 1. The number of benzene rings is 1. The molecule has 1 aliphatic rings. The number of nitriles is 1. The summed E-state index contributed by atoms with van der Waals surface area (Å²) in [7, 11) is 0. The van der Waals surface area contributed by atoms with Crippen molar-refractivity contribution in [1.82, 2.24) is 20.3 Å². The van der Waals surface area contributed by atoms with Gasteiger partial charge < -0.3 is 0 Å². The molecule has 0 atom stereocenters. The van der Waals surface area contributed by atoms with Crippen molar-refractivity contribution in [3.63, 3.8) is 0 Å². The van der Waals surface area contributed by atoms with Crippen LogP contribution in [0.15, 0.2) is 30.5 Å². The van der Waals surface area contributed by atoms with E-state index < -0.39 is 0 Å². The fourth-order valence-electron chi connectivity index (χ4n) is 3.70. The first-order valence-electron chi connectivity index (χ1n) is 10.4. The number of hydrazine groups is 1. The predicted octanol–water partition coefficient (Wildman–Crippen LogP) is 3.94. The number of carbonyl (C=O) groups is 1. The SMILES string of the molecule is CCN(CC)Cc1ccc(C(=O)NN(c2nc(C#N)ncc2Cl)C2CCCC2)cc1.